The number of aromatic nitrogens is 4. The Morgan fingerprint density at radius 3 is 2.81 bits per heavy atom. The number of hydrogen-bond donors (Lipinski definition) is 2. The number of fused-ring (bicyclic) bond motifs is 1. The third-order valence-corrected chi connectivity index (χ3v) is 5.40. The lowest BCUT2D eigenvalue weighted by Crippen LogP contribution is -2.28. The van der Waals surface area contributed by atoms with Gasteiger partial charge in [0, 0.05) is 24.2 Å². The van der Waals surface area contributed by atoms with Crippen LogP contribution in [0.2, 0.25) is 5.02 Å². The monoisotopic (exact) mass is 477 g/mol. The van der Waals surface area contributed by atoms with Gasteiger partial charge in [0.1, 0.15) is 11.4 Å². The zero-order valence-electron chi connectivity index (χ0n) is 18.0. The second-order valence-electron chi connectivity index (χ2n) is 7.34. The summed E-state index contributed by atoms with van der Waals surface area (Å²) in [6, 6.07) is 3.88. The molecule has 10 nitrogen and oxygen atoms in total. The summed E-state index contributed by atoms with van der Waals surface area (Å²) in [5, 5.41) is 23.3. The van der Waals surface area contributed by atoms with Crippen LogP contribution in [0.15, 0.2) is 29.6 Å². The van der Waals surface area contributed by atoms with Crippen LogP contribution in [0.4, 0.5) is 11.5 Å². The summed E-state index contributed by atoms with van der Waals surface area (Å²) in [5.41, 5.74) is 0.272. The first-order chi connectivity index (χ1) is 15.3. The molecule has 2 N–H and O–H groups in total. The number of anilines is 1. The van der Waals surface area contributed by atoms with Crippen molar-refractivity contribution in [1.29, 1.82) is 0 Å². The molecule has 0 aliphatic heterocycles. The minimum absolute atomic E-state index is 0.0862. The molecule has 0 bridgehead atoms. The Morgan fingerprint density at radius 2 is 2.12 bits per heavy atom. The maximum atomic E-state index is 12.5. The summed E-state index contributed by atoms with van der Waals surface area (Å²) >= 11 is 7.44. The first-order valence-corrected chi connectivity index (χ1v) is 11.5. The Morgan fingerprint density at radius 1 is 1.34 bits per heavy atom. The van der Waals surface area contributed by atoms with E-state index >= 15 is 0 Å². The Bertz CT molecular complexity index is 1140. The van der Waals surface area contributed by atoms with Gasteiger partial charge in [-0.2, -0.15) is 5.10 Å². The lowest BCUT2D eigenvalue weighted by atomic mass is 10.1. The maximum Gasteiger partial charge on any atom is 0.282 e. The summed E-state index contributed by atoms with van der Waals surface area (Å²) in [7, 11) is 0. The molecular weight excluding hydrogens is 454 g/mol. The van der Waals surface area contributed by atoms with Crippen molar-refractivity contribution in [3.05, 3.63) is 45.1 Å². The van der Waals surface area contributed by atoms with Gasteiger partial charge >= 0.3 is 0 Å². The van der Waals surface area contributed by atoms with E-state index in [0.29, 0.717) is 23.3 Å². The highest BCUT2D eigenvalue weighted by Gasteiger charge is 2.20. The minimum Gasteiger partial charge on any atom is -0.369 e. The van der Waals surface area contributed by atoms with Crippen LogP contribution in [0.3, 0.4) is 0 Å². The van der Waals surface area contributed by atoms with Crippen molar-refractivity contribution in [2.75, 3.05) is 24.2 Å². The topological polar surface area (TPSA) is 128 Å². The molecule has 0 fully saturated rings. The quantitative estimate of drug-likeness (QED) is 0.194. The maximum absolute atomic E-state index is 12.5. The Hall–Kier alpha value is -2.92. The van der Waals surface area contributed by atoms with Gasteiger partial charge in [-0.1, -0.05) is 44.1 Å². The number of rotatable bonds is 10. The van der Waals surface area contributed by atoms with Crippen LogP contribution in [0.5, 0.6) is 0 Å². The Labute approximate surface area is 194 Å². The Balaban J connectivity index is 1.77. The molecule has 3 rings (SSSR count). The first-order valence-electron chi connectivity index (χ1n) is 10.1. The molecular formula is C20H24ClN7O3S. The van der Waals surface area contributed by atoms with E-state index in [2.05, 4.69) is 39.5 Å². The van der Waals surface area contributed by atoms with Gasteiger partial charge < -0.3 is 10.6 Å². The number of nitro benzene ring substituents is 1. The number of carbonyl (C=O) groups excluding carboxylic acids is 1. The van der Waals surface area contributed by atoms with E-state index in [9.17, 15) is 14.9 Å². The molecule has 0 saturated heterocycles. The summed E-state index contributed by atoms with van der Waals surface area (Å²) in [6.45, 7) is 7.56. The van der Waals surface area contributed by atoms with Crippen LogP contribution in [0.1, 0.15) is 31.1 Å². The van der Waals surface area contributed by atoms with E-state index in [1.54, 1.807) is 10.9 Å². The number of benzene rings is 1. The van der Waals surface area contributed by atoms with Gasteiger partial charge in [-0.3, -0.25) is 14.9 Å². The normalized spacial score (nSPS) is 11.2. The van der Waals surface area contributed by atoms with Crippen molar-refractivity contribution in [1.82, 2.24) is 25.1 Å². The number of halogens is 1. The highest BCUT2D eigenvalue weighted by molar-refractivity contribution is 7.99. The smallest absolute Gasteiger partial charge is 0.282 e. The van der Waals surface area contributed by atoms with Gasteiger partial charge in [-0.05, 0) is 23.8 Å². The number of nitro groups is 1. The van der Waals surface area contributed by atoms with E-state index in [1.165, 1.54) is 30.0 Å². The fourth-order valence-electron chi connectivity index (χ4n) is 2.95. The zero-order chi connectivity index (χ0) is 23.3. The second kappa shape index (κ2) is 10.6. The van der Waals surface area contributed by atoms with Gasteiger partial charge in [-0.15, -0.1) is 0 Å². The molecule has 1 aromatic carbocycles. The molecule has 0 unspecified atom stereocenters. The molecule has 1 amide bonds. The van der Waals surface area contributed by atoms with Crippen molar-refractivity contribution < 1.29 is 9.72 Å². The van der Waals surface area contributed by atoms with Crippen LogP contribution in [0.25, 0.3) is 11.0 Å². The van der Waals surface area contributed by atoms with E-state index in [1.807, 2.05) is 6.92 Å². The zero-order valence-corrected chi connectivity index (χ0v) is 19.5. The van der Waals surface area contributed by atoms with Gasteiger partial charge in [0.15, 0.2) is 10.8 Å². The average molecular weight is 478 g/mol. The molecule has 32 heavy (non-hydrogen) atoms. The molecule has 2 heterocycles. The summed E-state index contributed by atoms with van der Waals surface area (Å²) in [6.07, 6.45) is 1.70. The summed E-state index contributed by atoms with van der Waals surface area (Å²) in [4.78, 5) is 32.3. The number of amides is 1. The van der Waals surface area contributed by atoms with E-state index in [0.717, 1.165) is 23.5 Å². The highest BCUT2D eigenvalue weighted by atomic mass is 35.5. The van der Waals surface area contributed by atoms with Gasteiger partial charge in [0.05, 0.1) is 23.1 Å². The third-order valence-electron chi connectivity index (χ3n) is 4.44. The summed E-state index contributed by atoms with van der Waals surface area (Å²) < 4.78 is 1.68. The number of carbonyl (C=O) groups is 1. The molecule has 0 aliphatic rings. The average Bonchev–Trinajstić information content (AvgIpc) is 3.15. The predicted molar refractivity (Wildman–Crippen MR) is 125 cm³/mol. The van der Waals surface area contributed by atoms with Crippen molar-refractivity contribution >= 4 is 51.8 Å². The van der Waals surface area contributed by atoms with E-state index < -0.39 is 10.8 Å². The molecule has 0 saturated carbocycles. The molecule has 12 heteroatoms. The second-order valence-corrected chi connectivity index (χ2v) is 9.01. The molecule has 0 aliphatic carbocycles. The van der Waals surface area contributed by atoms with E-state index in [-0.39, 0.29) is 22.8 Å². The molecule has 0 atom stereocenters. The summed E-state index contributed by atoms with van der Waals surface area (Å²) in [5.74, 6) is 1.43. The van der Waals surface area contributed by atoms with Crippen LogP contribution in [0, 0.1) is 16.0 Å². The number of nitrogens with one attached hydrogen (secondary N) is 2. The third kappa shape index (κ3) is 5.65. The number of nitrogens with zero attached hydrogens (tertiary/aromatic N) is 5. The predicted octanol–water partition coefficient (Wildman–Crippen LogP) is 4.00. The number of hydrogen-bond acceptors (Lipinski definition) is 8. The van der Waals surface area contributed by atoms with Gasteiger partial charge in [0.2, 0.25) is 0 Å². The largest absolute Gasteiger partial charge is 0.369 e. The lowest BCUT2D eigenvalue weighted by molar-refractivity contribution is -0.385. The molecule has 2 aromatic heterocycles. The van der Waals surface area contributed by atoms with Crippen molar-refractivity contribution in [3.8, 4) is 0 Å². The highest BCUT2D eigenvalue weighted by Crippen LogP contribution is 2.25. The lowest BCUT2D eigenvalue weighted by Gasteiger charge is -2.11. The van der Waals surface area contributed by atoms with Crippen LogP contribution in [-0.2, 0) is 6.54 Å². The van der Waals surface area contributed by atoms with Crippen LogP contribution >= 0.6 is 23.4 Å². The molecule has 0 spiro atoms. The van der Waals surface area contributed by atoms with Crippen molar-refractivity contribution in [2.24, 2.45) is 5.92 Å². The molecule has 0 radical (unpaired) electrons. The number of thioether (sulfide) groups is 1. The van der Waals surface area contributed by atoms with Crippen molar-refractivity contribution in [2.45, 2.75) is 32.5 Å². The molecule has 170 valence electrons. The fourth-order valence-corrected chi connectivity index (χ4v) is 3.69. The van der Waals surface area contributed by atoms with Crippen LogP contribution in [-0.4, -0.2) is 49.4 Å². The Kier molecular flexibility index (Phi) is 7.86. The SMILES string of the molecule is CCSc1nc(NCC(C)C)c2cnn(CCNC(=O)c3cc(Cl)ccc3[N+](=O)[O-])c2n1. The van der Waals surface area contributed by atoms with Gasteiger partial charge in [-0.25, -0.2) is 14.6 Å². The first kappa shape index (κ1) is 23.7. The molecule has 3 aromatic rings. The standard InChI is InChI=1S/C20H24ClN7O3S/c1-4-32-20-25-17(23-10-12(2)3)15-11-24-27(18(15)26-20)8-7-22-19(29)14-9-13(21)5-6-16(14)28(30)31/h5-6,9,11-12H,4,7-8,10H2,1-3H3,(H,22,29)(H,23,25,26). The van der Waals surface area contributed by atoms with E-state index in [4.69, 9.17) is 11.6 Å². The van der Waals surface area contributed by atoms with Crippen molar-refractivity contribution in [3.63, 3.8) is 0 Å². The minimum atomic E-state index is -0.609. The van der Waals surface area contributed by atoms with Crippen LogP contribution < -0.4 is 10.6 Å². The fraction of sp³-hybridized carbons (Fsp3) is 0.400. The van der Waals surface area contributed by atoms with Gasteiger partial charge in [0.25, 0.3) is 11.6 Å².